The lowest BCUT2D eigenvalue weighted by atomic mass is 10.1. The maximum Gasteiger partial charge on any atom is 0.258 e. The zero-order valence-electron chi connectivity index (χ0n) is 10.2. The van der Waals surface area contributed by atoms with Gasteiger partial charge in [-0.15, -0.1) is 0 Å². The predicted octanol–water partition coefficient (Wildman–Crippen LogP) is 2.57. The third-order valence-electron chi connectivity index (χ3n) is 2.29. The van der Waals surface area contributed by atoms with Crippen molar-refractivity contribution in [2.24, 2.45) is 7.05 Å². The first-order chi connectivity index (χ1) is 7.72. The monoisotopic (exact) mass is 219 g/mol. The fourth-order valence-electron chi connectivity index (χ4n) is 1.45. The van der Waals surface area contributed by atoms with Crippen LogP contribution in [-0.2, 0) is 7.05 Å². The van der Waals surface area contributed by atoms with Crippen molar-refractivity contribution in [1.82, 2.24) is 4.57 Å². The Bertz CT molecular complexity index is 529. The number of aryl methyl sites for hydroxylation is 1. The van der Waals surface area contributed by atoms with Gasteiger partial charge in [0.25, 0.3) is 5.56 Å². The fourth-order valence-corrected chi connectivity index (χ4v) is 1.45. The number of fused-ring (bicyclic) bond motifs is 1. The third kappa shape index (κ3) is 2.24. The second-order valence-corrected chi connectivity index (χ2v) is 3.18. The van der Waals surface area contributed by atoms with Gasteiger partial charge in [0, 0.05) is 18.6 Å². The molecule has 2 rings (SSSR count). The van der Waals surface area contributed by atoms with E-state index in [2.05, 4.69) is 0 Å². The second-order valence-electron chi connectivity index (χ2n) is 3.18. The first-order valence-electron chi connectivity index (χ1n) is 5.36. The van der Waals surface area contributed by atoms with Crippen molar-refractivity contribution in [3.8, 4) is 5.75 Å². The highest BCUT2D eigenvalue weighted by molar-refractivity contribution is 5.82. The normalized spacial score (nSPS) is 9.50. The van der Waals surface area contributed by atoms with Gasteiger partial charge in [-0.1, -0.05) is 13.8 Å². The Morgan fingerprint density at radius 2 is 1.88 bits per heavy atom. The number of benzene rings is 1. The van der Waals surface area contributed by atoms with Crippen molar-refractivity contribution in [2.75, 3.05) is 7.11 Å². The van der Waals surface area contributed by atoms with Gasteiger partial charge in [0.1, 0.15) is 5.75 Å². The van der Waals surface area contributed by atoms with E-state index in [4.69, 9.17) is 4.74 Å². The van der Waals surface area contributed by atoms with Gasteiger partial charge < -0.3 is 9.30 Å². The summed E-state index contributed by atoms with van der Waals surface area (Å²) in [5.74, 6) is 0.769. The van der Waals surface area contributed by atoms with Crippen LogP contribution in [0.5, 0.6) is 5.75 Å². The largest absolute Gasteiger partial charge is 0.497 e. The van der Waals surface area contributed by atoms with E-state index in [1.165, 1.54) is 0 Å². The van der Waals surface area contributed by atoms with E-state index >= 15 is 0 Å². The molecule has 1 heterocycles. The molecule has 0 radical (unpaired) electrons. The van der Waals surface area contributed by atoms with Crippen LogP contribution in [0.4, 0.5) is 0 Å². The van der Waals surface area contributed by atoms with Crippen LogP contribution in [0.15, 0.2) is 35.3 Å². The van der Waals surface area contributed by atoms with E-state index in [0.717, 1.165) is 16.5 Å². The highest BCUT2D eigenvalue weighted by Gasteiger charge is 2.00. The van der Waals surface area contributed by atoms with Crippen LogP contribution in [0.1, 0.15) is 13.8 Å². The molecule has 16 heavy (non-hydrogen) atoms. The Hall–Kier alpha value is -1.77. The van der Waals surface area contributed by atoms with Crippen molar-refractivity contribution < 1.29 is 4.74 Å². The Morgan fingerprint density at radius 1 is 1.19 bits per heavy atom. The molecule has 0 aliphatic rings. The Morgan fingerprint density at radius 3 is 2.50 bits per heavy atom. The molecule has 3 nitrogen and oxygen atoms in total. The molecule has 1 aromatic carbocycles. The second kappa shape index (κ2) is 5.35. The van der Waals surface area contributed by atoms with Gasteiger partial charge in [-0.05, 0) is 29.7 Å². The average Bonchev–Trinajstić information content (AvgIpc) is 2.36. The van der Waals surface area contributed by atoms with E-state index < -0.39 is 0 Å². The molecular weight excluding hydrogens is 202 g/mol. The van der Waals surface area contributed by atoms with Crippen LogP contribution in [0, 0.1) is 0 Å². The number of aromatic nitrogens is 1. The molecular formula is C13H17NO2. The molecule has 0 aliphatic heterocycles. The number of pyridine rings is 1. The minimum atomic E-state index is 0.0187. The molecule has 0 atom stereocenters. The summed E-state index contributed by atoms with van der Waals surface area (Å²) in [6.45, 7) is 4.00. The lowest BCUT2D eigenvalue weighted by Crippen LogP contribution is -2.15. The zero-order chi connectivity index (χ0) is 12.1. The minimum Gasteiger partial charge on any atom is -0.497 e. The zero-order valence-corrected chi connectivity index (χ0v) is 10.2. The van der Waals surface area contributed by atoms with E-state index in [1.54, 1.807) is 37.1 Å². The van der Waals surface area contributed by atoms with E-state index in [9.17, 15) is 4.79 Å². The maximum atomic E-state index is 11.7. The van der Waals surface area contributed by atoms with Crippen LogP contribution in [0.3, 0.4) is 0 Å². The summed E-state index contributed by atoms with van der Waals surface area (Å²) in [4.78, 5) is 11.7. The van der Waals surface area contributed by atoms with Crippen molar-refractivity contribution in [3.63, 3.8) is 0 Å². The summed E-state index contributed by atoms with van der Waals surface area (Å²) < 4.78 is 6.65. The molecule has 0 bridgehead atoms. The molecule has 0 saturated heterocycles. The van der Waals surface area contributed by atoms with Gasteiger partial charge in [-0.2, -0.15) is 0 Å². The van der Waals surface area contributed by atoms with Crippen LogP contribution in [0.25, 0.3) is 10.8 Å². The van der Waals surface area contributed by atoms with Gasteiger partial charge >= 0.3 is 0 Å². The number of methoxy groups -OCH3 is 1. The van der Waals surface area contributed by atoms with E-state index in [-0.39, 0.29) is 5.56 Å². The number of rotatable bonds is 1. The van der Waals surface area contributed by atoms with Gasteiger partial charge in [0.2, 0.25) is 0 Å². The molecule has 0 spiro atoms. The summed E-state index contributed by atoms with van der Waals surface area (Å²) in [5, 5.41) is 1.63. The molecule has 86 valence electrons. The summed E-state index contributed by atoms with van der Waals surface area (Å²) in [6.07, 6.45) is 1.75. The minimum absolute atomic E-state index is 0.0187. The number of hydrogen-bond donors (Lipinski definition) is 0. The summed E-state index contributed by atoms with van der Waals surface area (Å²) in [5.41, 5.74) is 0.0187. The lowest BCUT2D eigenvalue weighted by molar-refractivity contribution is 0.415. The average molecular weight is 219 g/mol. The molecule has 1 aromatic heterocycles. The quantitative estimate of drug-likeness (QED) is 0.738. The summed E-state index contributed by atoms with van der Waals surface area (Å²) in [7, 11) is 3.36. The van der Waals surface area contributed by atoms with E-state index in [1.807, 2.05) is 26.0 Å². The number of hydrogen-bond acceptors (Lipinski definition) is 2. The molecule has 2 aromatic rings. The Balaban J connectivity index is 0.000000606. The molecule has 0 fully saturated rings. The molecule has 0 amide bonds. The first kappa shape index (κ1) is 12.3. The maximum absolute atomic E-state index is 11.7. The number of ether oxygens (including phenoxy) is 1. The fraction of sp³-hybridized carbons (Fsp3) is 0.308. The lowest BCUT2D eigenvalue weighted by Gasteiger charge is -2.03. The molecule has 3 heteroatoms. The SMILES string of the molecule is CC.COc1ccc2c(=O)n(C)ccc2c1. The Labute approximate surface area is 95.3 Å². The Kier molecular flexibility index (Phi) is 4.11. The number of nitrogens with zero attached hydrogens (tertiary/aromatic N) is 1. The standard InChI is InChI=1S/C11H11NO2.C2H6/c1-12-6-5-8-7-9(14-2)3-4-10(8)11(12)13;1-2/h3-7H,1-2H3;1-2H3. The van der Waals surface area contributed by atoms with Crippen molar-refractivity contribution in [1.29, 1.82) is 0 Å². The third-order valence-corrected chi connectivity index (χ3v) is 2.29. The van der Waals surface area contributed by atoms with Gasteiger partial charge in [0.05, 0.1) is 7.11 Å². The molecule has 0 saturated carbocycles. The molecule has 0 unspecified atom stereocenters. The van der Waals surface area contributed by atoms with Gasteiger partial charge in [0.15, 0.2) is 0 Å². The van der Waals surface area contributed by atoms with Crippen molar-refractivity contribution in [2.45, 2.75) is 13.8 Å². The molecule has 0 aliphatic carbocycles. The van der Waals surface area contributed by atoms with Crippen molar-refractivity contribution >= 4 is 10.8 Å². The topological polar surface area (TPSA) is 31.2 Å². The van der Waals surface area contributed by atoms with Crippen LogP contribution < -0.4 is 10.3 Å². The van der Waals surface area contributed by atoms with Crippen molar-refractivity contribution in [3.05, 3.63) is 40.8 Å². The summed E-state index contributed by atoms with van der Waals surface area (Å²) >= 11 is 0. The smallest absolute Gasteiger partial charge is 0.258 e. The predicted molar refractivity (Wildman–Crippen MR) is 67.1 cm³/mol. The van der Waals surface area contributed by atoms with Gasteiger partial charge in [-0.25, -0.2) is 0 Å². The highest BCUT2D eigenvalue weighted by atomic mass is 16.5. The van der Waals surface area contributed by atoms with Crippen LogP contribution in [0.2, 0.25) is 0 Å². The van der Waals surface area contributed by atoms with Gasteiger partial charge in [-0.3, -0.25) is 4.79 Å². The van der Waals surface area contributed by atoms with Crippen LogP contribution >= 0.6 is 0 Å². The molecule has 0 N–H and O–H groups in total. The van der Waals surface area contributed by atoms with Crippen LogP contribution in [-0.4, -0.2) is 11.7 Å². The van der Waals surface area contributed by atoms with E-state index in [0.29, 0.717) is 0 Å². The highest BCUT2D eigenvalue weighted by Crippen LogP contribution is 2.17. The summed E-state index contributed by atoms with van der Waals surface area (Å²) in [6, 6.07) is 7.34. The first-order valence-corrected chi connectivity index (χ1v) is 5.36.